The van der Waals surface area contributed by atoms with Gasteiger partial charge in [-0.05, 0) is 36.6 Å². The maximum absolute atomic E-state index is 13.2. The van der Waals surface area contributed by atoms with E-state index in [1.54, 1.807) is 28.3 Å². The van der Waals surface area contributed by atoms with Gasteiger partial charge in [0, 0.05) is 16.1 Å². The summed E-state index contributed by atoms with van der Waals surface area (Å²) in [6.45, 7) is 2.69. The summed E-state index contributed by atoms with van der Waals surface area (Å²) in [5.41, 5.74) is 7.10. The fourth-order valence-corrected chi connectivity index (χ4v) is 3.56. The van der Waals surface area contributed by atoms with E-state index in [9.17, 15) is 4.39 Å². The van der Waals surface area contributed by atoms with Gasteiger partial charge in [-0.1, -0.05) is 11.6 Å². The molecule has 0 saturated carbocycles. The predicted octanol–water partition coefficient (Wildman–Crippen LogP) is 3.96. The van der Waals surface area contributed by atoms with Crippen LogP contribution in [0.3, 0.4) is 0 Å². The van der Waals surface area contributed by atoms with Crippen LogP contribution < -0.4 is 5.73 Å². The summed E-state index contributed by atoms with van der Waals surface area (Å²) < 4.78 is 16.0. The van der Waals surface area contributed by atoms with Crippen LogP contribution in [0.5, 0.6) is 0 Å². The van der Waals surface area contributed by atoms with Crippen molar-refractivity contribution in [1.29, 1.82) is 0 Å². The molecule has 3 nitrogen and oxygen atoms in total. The molecule has 0 aliphatic rings. The van der Waals surface area contributed by atoms with Gasteiger partial charge < -0.3 is 5.73 Å². The maximum Gasteiger partial charge on any atom is 0.123 e. The van der Waals surface area contributed by atoms with E-state index < -0.39 is 0 Å². The SMILES string of the molecule is CCn1ncc(Cl)c1C(N)c1cc2cc(F)ccc2s1. The number of rotatable bonds is 3. The minimum atomic E-state index is -0.356. The summed E-state index contributed by atoms with van der Waals surface area (Å²) in [4.78, 5) is 0.947. The van der Waals surface area contributed by atoms with Crippen molar-refractivity contribution in [2.45, 2.75) is 19.5 Å². The van der Waals surface area contributed by atoms with Crippen molar-refractivity contribution in [3.05, 3.63) is 51.9 Å². The lowest BCUT2D eigenvalue weighted by molar-refractivity contribution is 0.603. The molecule has 1 unspecified atom stereocenters. The summed E-state index contributed by atoms with van der Waals surface area (Å²) in [7, 11) is 0. The van der Waals surface area contributed by atoms with E-state index in [0.29, 0.717) is 11.6 Å². The molecule has 0 fully saturated rings. The van der Waals surface area contributed by atoms with Crippen LogP contribution in [0.15, 0.2) is 30.5 Å². The molecule has 0 amide bonds. The Morgan fingerprint density at radius 2 is 2.25 bits per heavy atom. The average Bonchev–Trinajstić information content (AvgIpc) is 3.00. The second-order valence-electron chi connectivity index (χ2n) is 4.50. The molecule has 2 aromatic heterocycles. The lowest BCUT2D eigenvalue weighted by Crippen LogP contribution is -2.16. The van der Waals surface area contributed by atoms with Crippen LogP contribution in [0, 0.1) is 5.82 Å². The number of fused-ring (bicyclic) bond motifs is 1. The van der Waals surface area contributed by atoms with Crippen LogP contribution in [0.25, 0.3) is 10.1 Å². The van der Waals surface area contributed by atoms with Crippen LogP contribution in [0.1, 0.15) is 23.5 Å². The van der Waals surface area contributed by atoms with Gasteiger partial charge in [-0.2, -0.15) is 5.10 Å². The van der Waals surface area contributed by atoms with E-state index in [4.69, 9.17) is 17.3 Å². The van der Waals surface area contributed by atoms with Crippen LogP contribution in [0.2, 0.25) is 5.02 Å². The van der Waals surface area contributed by atoms with Crippen molar-refractivity contribution in [2.24, 2.45) is 5.73 Å². The normalized spacial score (nSPS) is 13.0. The van der Waals surface area contributed by atoms with Crippen molar-refractivity contribution in [2.75, 3.05) is 0 Å². The summed E-state index contributed by atoms with van der Waals surface area (Å²) in [6, 6.07) is 6.30. The molecule has 0 aliphatic carbocycles. The minimum Gasteiger partial charge on any atom is -0.318 e. The lowest BCUT2D eigenvalue weighted by atomic mass is 10.1. The van der Waals surface area contributed by atoms with E-state index >= 15 is 0 Å². The van der Waals surface area contributed by atoms with Gasteiger partial charge in [0.1, 0.15) is 5.82 Å². The third-order valence-electron chi connectivity index (χ3n) is 3.23. The third kappa shape index (κ3) is 2.22. The largest absolute Gasteiger partial charge is 0.318 e. The number of nitrogens with zero attached hydrogens (tertiary/aromatic N) is 2. The fraction of sp³-hybridized carbons (Fsp3) is 0.214. The number of aryl methyl sites for hydroxylation is 1. The molecule has 0 radical (unpaired) electrons. The Morgan fingerprint density at radius 1 is 1.45 bits per heavy atom. The summed E-state index contributed by atoms with van der Waals surface area (Å²) in [5, 5.41) is 5.62. The number of hydrogen-bond donors (Lipinski definition) is 1. The van der Waals surface area contributed by atoms with Gasteiger partial charge in [-0.3, -0.25) is 4.68 Å². The van der Waals surface area contributed by atoms with Gasteiger partial charge in [-0.25, -0.2) is 4.39 Å². The molecular formula is C14H13ClFN3S. The molecule has 3 rings (SSSR count). The Labute approximate surface area is 124 Å². The monoisotopic (exact) mass is 309 g/mol. The van der Waals surface area contributed by atoms with Crippen LogP contribution in [0.4, 0.5) is 4.39 Å². The van der Waals surface area contributed by atoms with E-state index in [1.807, 2.05) is 13.0 Å². The highest BCUT2D eigenvalue weighted by molar-refractivity contribution is 7.19. The van der Waals surface area contributed by atoms with E-state index in [-0.39, 0.29) is 11.9 Å². The van der Waals surface area contributed by atoms with Gasteiger partial charge in [0.25, 0.3) is 0 Å². The average molecular weight is 310 g/mol. The second-order valence-corrected chi connectivity index (χ2v) is 6.02. The number of nitrogens with two attached hydrogens (primary N) is 1. The molecule has 0 saturated heterocycles. The highest BCUT2D eigenvalue weighted by Gasteiger charge is 2.20. The Kier molecular flexibility index (Phi) is 3.50. The highest BCUT2D eigenvalue weighted by Crippen LogP contribution is 2.34. The number of benzene rings is 1. The molecule has 0 aliphatic heterocycles. The van der Waals surface area contributed by atoms with Gasteiger partial charge in [0.2, 0.25) is 0 Å². The van der Waals surface area contributed by atoms with Crippen molar-refractivity contribution in [3.63, 3.8) is 0 Å². The van der Waals surface area contributed by atoms with Crippen LogP contribution >= 0.6 is 22.9 Å². The first-order valence-electron chi connectivity index (χ1n) is 6.26. The molecule has 0 spiro atoms. The minimum absolute atomic E-state index is 0.243. The molecule has 104 valence electrons. The molecule has 1 aromatic carbocycles. The molecule has 0 bridgehead atoms. The Morgan fingerprint density at radius 3 is 3.00 bits per heavy atom. The first kappa shape index (κ1) is 13.5. The highest BCUT2D eigenvalue weighted by atomic mass is 35.5. The molecule has 20 heavy (non-hydrogen) atoms. The Bertz CT molecular complexity index is 765. The smallest absolute Gasteiger partial charge is 0.123 e. The Balaban J connectivity index is 2.07. The van der Waals surface area contributed by atoms with Crippen molar-refractivity contribution in [3.8, 4) is 0 Å². The molecule has 1 atom stereocenters. The summed E-state index contributed by atoms with van der Waals surface area (Å²) >= 11 is 7.72. The van der Waals surface area contributed by atoms with Crippen molar-refractivity contribution in [1.82, 2.24) is 9.78 Å². The van der Waals surface area contributed by atoms with E-state index in [2.05, 4.69) is 5.10 Å². The predicted molar refractivity (Wildman–Crippen MR) is 80.7 cm³/mol. The molecule has 6 heteroatoms. The van der Waals surface area contributed by atoms with Gasteiger partial charge in [0.05, 0.1) is 23.0 Å². The van der Waals surface area contributed by atoms with Gasteiger partial charge in [0.15, 0.2) is 0 Å². The molecule has 3 aromatic rings. The van der Waals surface area contributed by atoms with Crippen molar-refractivity contribution < 1.29 is 4.39 Å². The van der Waals surface area contributed by atoms with Crippen molar-refractivity contribution >= 4 is 33.0 Å². The van der Waals surface area contributed by atoms with Gasteiger partial charge in [-0.15, -0.1) is 11.3 Å². The number of thiophene rings is 1. The standard InChI is InChI=1S/C14H13ClFN3S/c1-2-19-14(10(15)7-18-19)13(17)12-6-8-5-9(16)3-4-11(8)20-12/h3-7,13H,2,17H2,1H3. The van der Waals surface area contributed by atoms with Gasteiger partial charge >= 0.3 is 0 Å². The quantitative estimate of drug-likeness (QED) is 0.796. The molecule has 2 N–H and O–H groups in total. The Hall–Kier alpha value is -1.43. The van der Waals surface area contributed by atoms with E-state index in [1.165, 1.54) is 12.1 Å². The van der Waals surface area contributed by atoms with Crippen LogP contribution in [-0.4, -0.2) is 9.78 Å². The first-order chi connectivity index (χ1) is 9.60. The second kappa shape index (κ2) is 5.16. The van der Waals surface area contributed by atoms with E-state index in [0.717, 1.165) is 20.7 Å². The first-order valence-corrected chi connectivity index (χ1v) is 7.45. The zero-order valence-electron chi connectivity index (χ0n) is 10.8. The molecule has 2 heterocycles. The lowest BCUT2D eigenvalue weighted by Gasteiger charge is -2.12. The van der Waals surface area contributed by atoms with Crippen LogP contribution in [-0.2, 0) is 6.54 Å². The maximum atomic E-state index is 13.2. The molecular weight excluding hydrogens is 297 g/mol. The number of halogens is 2. The topological polar surface area (TPSA) is 43.8 Å². The zero-order valence-corrected chi connectivity index (χ0v) is 12.4. The zero-order chi connectivity index (χ0) is 14.3. The summed E-state index contributed by atoms with van der Waals surface area (Å²) in [5.74, 6) is -0.243. The third-order valence-corrected chi connectivity index (χ3v) is 4.72. The number of aromatic nitrogens is 2. The number of hydrogen-bond acceptors (Lipinski definition) is 3. The summed E-state index contributed by atoms with van der Waals surface area (Å²) in [6.07, 6.45) is 1.60. The fourth-order valence-electron chi connectivity index (χ4n) is 2.26.